The summed E-state index contributed by atoms with van der Waals surface area (Å²) < 4.78 is 75.1. The third-order valence-electron chi connectivity index (χ3n) is 11.1. The topological polar surface area (TPSA) is 194 Å². The highest BCUT2D eigenvalue weighted by atomic mass is 31.2. The van der Waals surface area contributed by atoms with Crippen LogP contribution in [-0.4, -0.2) is 98.5 Å². The predicted molar refractivity (Wildman–Crippen MR) is 206 cm³/mol. The molecule has 0 radical (unpaired) electrons. The molecule has 2 saturated heterocycles. The van der Waals surface area contributed by atoms with Gasteiger partial charge in [0.25, 0.3) is 5.91 Å². The average Bonchev–Trinajstić information content (AvgIpc) is 3.42. The molecule has 0 unspecified atom stereocenters. The largest absolute Gasteiger partial charge is 0.446 e. The SMILES string of the molecule is C=C[C@@H]1C[C@]1(NC(=O)[C@@H]1C[C@@H](OC(=O)Nc2cc(C(F)(F)F)ccc2N2CCCCC2)CN1C(=O)[C@@H](NC(=O)OC1CCCC1)C(C)(C)C)C(=O)NP(=O)(OC)OC. The molecule has 1 aromatic rings. The molecule has 16 nitrogen and oxygen atoms in total. The zero-order valence-electron chi connectivity index (χ0n) is 33.4. The Kier molecular flexibility index (Phi) is 13.8. The van der Waals surface area contributed by atoms with Crippen LogP contribution in [0.15, 0.2) is 30.9 Å². The molecule has 322 valence electrons. The highest BCUT2D eigenvalue weighted by Crippen LogP contribution is 2.49. The van der Waals surface area contributed by atoms with Crippen LogP contribution in [0.4, 0.5) is 34.1 Å². The lowest BCUT2D eigenvalue weighted by Gasteiger charge is -2.35. The van der Waals surface area contributed by atoms with E-state index in [1.807, 2.05) is 4.90 Å². The van der Waals surface area contributed by atoms with E-state index in [0.29, 0.717) is 31.6 Å². The lowest BCUT2D eigenvalue weighted by atomic mass is 9.85. The van der Waals surface area contributed by atoms with E-state index >= 15 is 0 Å². The zero-order chi connectivity index (χ0) is 42.6. The molecule has 2 heterocycles. The van der Waals surface area contributed by atoms with Crippen molar-refractivity contribution in [3.8, 4) is 0 Å². The third-order valence-corrected chi connectivity index (χ3v) is 12.5. The van der Waals surface area contributed by atoms with Gasteiger partial charge in [0, 0.05) is 39.6 Å². The van der Waals surface area contributed by atoms with Crippen LogP contribution < -0.4 is 25.9 Å². The Morgan fingerprint density at radius 1 is 0.948 bits per heavy atom. The first-order valence-corrected chi connectivity index (χ1v) is 21.0. The van der Waals surface area contributed by atoms with Crippen LogP contribution >= 0.6 is 7.75 Å². The van der Waals surface area contributed by atoms with Crippen LogP contribution in [0.5, 0.6) is 0 Å². The summed E-state index contributed by atoms with van der Waals surface area (Å²) in [6.45, 7) is 9.62. The number of alkyl carbamates (subject to hydrolysis) is 1. The fraction of sp³-hybridized carbons (Fsp3) is 0.658. The van der Waals surface area contributed by atoms with E-state index in [0.717, 1.165) is 63.4 Å². The van der Waals surface area contributed by atoms with Crippen LogP contribution in [0.2, 0.25) is 0 Å². The summed E-state index contributed by atoms with van der Waals surface area (Å²) in [5, 5.41) is 9.99. The summed E-state index contributed by atoms with van der Waals surface area (Å²) >= 11 is 0. The van der Waals surface area contributed by atoms with Crippen LogP contribution in [0.1, 0.15) is 84.1 Å². The minimum Gasteiger partial charge on any atom is -0.446 e. The fourth-order valence-corrected chi connectivity index (χ4v) is 8.52. The molecule has 4 fully saturated rings. The highest BCUT2D eigenvalue weighted by Gasteiger charge is 2.62. The third kappa shape index (κ3) is 10.4. The summed E-state index contributed by atoms with van der Waals surface area (Å²) in [5.41, 5.74) is -3.30. The first-order chi connectivity index (χ1) is 27.2. The number of likely N-dealkylation sites (tertiary alicyclic amines) is 1. The number of anilines is 2. The first-order valence-electron chi connectivity index (χ1n) is 19.4. The molecule has 5 rings (SSSR count). The van der Waals surface area contributed by atoms with Crippen LogP contribution in [-0.2, 0) is 43.6 Å². The number of rotatable bonds is 13. The highest BCUT2D eigenvalue weighted by molar-refractivity contribution is 7.52. The maximum Gasteiger partial charge on any atom is 0.434 e. The Morgan fingerprint density at radius 3 is 2.16 bits per heavy atom. The molecule has 4 aliphatic rings. The van der Waals surface area contributed by atoms with Gasteiger partial charge in [-0.15, -0.1) is 6.58 Å². The van der Waals surface area contributed by atoms with Crippen LogP contribution in [0.3, 0.4) is 0 Å². The fourth-order valence-electron chi connectivity index (χ4n) is 7.74. The van der Waals surface area contributed by atoms with Crippen LogP contribution in [0.25, 0.3) is 0 Å². The Labute approximate surface area is 335 Å². The number of carbonyl (C=O) groups excluding carboxylic acids is 5. The van der Waals surface area contributed by atoms with E-state index < -0.39 is 84.5 Å². The van der Waals surface area contributed by atoms with E-state index in [4.69, 9.17) is 18.5 Å². The van der Waals surface area contributed by atoms with Gasteiger partial charge in [-0.3, -0.25) is 33.8 Å². The first kappa shape index (κ1) is 44.7. The summed E-state index contributed by atoms with van der Waals surface area (Å²) in [4.78, 5) is 71.8. The molecular weight excluding hydrogens is 788 g/mol. The van der Waals surface area contributed by atoms with Crippen molar-refractivity contribution >= 4 is 49.0 Å². The van der Waals surface area contributed by atoms with Crippen molar-refractivity contribution in [2.24, 2.45) is 11.3 Å². The quantitative estimate of drug-likeness (QED) is 0.137. The van der Waals surface area contributed by atoms with Crippen molar-refractivity contribution in [3.05, 3.63) is 36.4 Å². The molecular formula is C38H54F3N6O10P. The maximum absolute atomic E-state index is 14.5. The average molecular weight is 843 g/mol. The minimum absolute atomic E-state index is 0.0556. The molecule has 0 aromatic heterocycles. The van der Waals surface area contributed by atoms with Crippen molar-refractivity contribution < 1.29 is 60.2 Å². The van der Waals surface area contributed by atoms with Gasteiger partial charge < -0.3 is 29.9 Å². The zero-order valence-corrected chi connectivity index (χ0v) is 34.3. The van der Waals surface area contributed by atoms with Crippen LogP contribution in [0, 0.1) is 11.3 Å². The number of halogens is 3. The van der Waals surface area contributed by atoms with Crippen molar-refractivity contribution in [3.63, 3.8) is 0 Å². The molecule has 20 heteroatoms. The normalized spacial score (nSPS) is 24.4. The minimum atomic E-state index is -4.70. The molecule has 0 spiro atoms. The van der Waals surface area contributed by atoms with Gasteiger partial charge in [0.15, 0.2) is 0 Å². The number of hydrogen-bond donors (Lipinski definition) is 4. The number of carbonyl (C=O) groups is 5. The molecule has 2 aliphatic heterocycles. The summed E-state index contributed by atoms with van der Waals surface area (Å²) in [6.07, 6.45) is -1.17. The van der Waals surface area contributed by atoms with E-state index in [-0.39, 0.29) is 31.2 Å². The second kappa shape index (κ2) is 17.9. The van der Waals surface area contributed by atoms with Gasteiger partial charge in [-0.05, 0) is 75.0 Å². The number of nitrogens with one attached hydrogen (secondary N) is 4. The van der Waals surface area contributed by atoms with Crippen molar-refractivity contribution in [2.45, 2.75) is 115 Å². The number of piperidine rings is 1. The van der Waals surface area contributed by atoms with Gasteiger partial charge in [0.2, 0.25) is 11.8 Å². The molecule has 0 bridgehead atoms. The van der Waals surface area contributed by atoms with E-state index in [9.17, 15) is 41.7 Å². The second-order valence-corrected chi connectivity index (χ2v) is 18.2. The standard InChI is InChI=1S/C38H54F3N6O10P/c1-7-23-21-37(23,33(50)45-58(53,54-5)55-6)44-31(48)29-20-26(22-47(29)32(49)30(36(2,3)4)43-35(52)56-25-13-9-10-14-25)57-34(51)42-27-19-24(38(39,40)41)15-16-28(27)46-17-11-8-12-18-46/h7,15-16,19,23,25-26,29-30H,1,8-14,17-18,20-22H2,2-6H3,(H,42,51)(H,43,52)(H,44,48)(H,45,50,53)/t23-,26-,29+,30-,37-/m1/s1. The molecule has 2 saturated carbocycles. The number of ether oxygens (including phenoxy) is 2. The lowest BCUT2D eigenvalue weighted by molar-refractivity contribution is -0.143. The Morgan fingerprint density at radius 2 is 1.59 bits per heavy atom. The number of alkyl halides is 3. The Hall–Kier alpha value is -4.35. The number of amides is 5. The van der Waals surface area contributed by atoms with Crippen molar-refractivity contribution in [1.29, 1.82) is 0 Å². The molecule has 1 aromatic carbocycles. The van der Waals surface area contributed by atoms with Gasteiger partial charge in [0.05, 0.1) is 23.5 Å². The second-order valence-electron chi connectivity index (χ2n) is 16.2. The summed E-state index contributed by atoms with van der Waals surface area (Å²) in [6, 6.07) is 0.456. The molecule has 5 atom stereocenters. The van der Waals surface area contributed by atoms with Crippen molar-refractivity contribution in [1.82, 2.24) is 20.6 Å². The smallest absolute Gasteiger partial charge is 0.434 e. The van der Waals surface area contributed by atoms with Gasteiger partial charge in [-0.25, -0.2) is 14.2 Å². The Balaban J connectivity index is 1.41. The predicted octanol–water partition coefficient (Wildman–Crippen LogP) is 5.88. The van der Waals surface area contributed by atoms with E-state index in [1.54, 1.807) is 20.8 Å². The number of benzene rings is 1. The molecule has 58 heavy (non-hydrogen) atoms. The molecule has 4 N–H and O–H groups in total. The lowest BCUT2D eigenvalue weighted by Crippen LogP contribution is -2.59. The molecule has 5 amide bonds. The summed E-state index contributed by atoms with van der Waals surface area (Å²) in [7, 11) is -1.96. The van der Waals surface area contributed by atoms with Gasteiger partial charge in [-0.1, -0.05) is 26.8 Å². The van der Waals surface area contributed by atoms with Crippen molar-refractivity contribution in [2.75, 3.05) is 44.1 Å². The molecule has 2 aliphatic carbocycles. The van der Waals surface area contributed by atoms with Gasteiger partial charge in [0.1, 0.15) is 29.8 Å². The monoisotopic (exact) mass is 842 g/mol. The number of hydrogen-bond acceptors (Lipinski definition) is 11. The van der Waals surface area contributed by atoms with E-state index in [2.05, 4.69) is 27.6 Å². The maximum atomic E-state index is 14.5. The van der Waals surface area contributed by atoms with Gasteiger partial charge >= 0.3 is 26.1 Å². The van der Waals surface area contributed by atoms with Gasteiger partial charge in [-0.2, -0.15) is 13.2 Å². The number of nitrogens with zero attached hydrogens (tertiary/aromatic N) is 2. The Bertz CT molecular complexity index is 1770. The summed E-state index contributed by atoms with van der Waals surface area (Å²) in [5.74, 6) is -3.06. The van der Waals surface area contributed by atoms with E-state index in [1.165, 1.54) is 12.1 Å².